The summed E-state index contributed by atoms with van der Waals surface area (Å²) >= 11 is 0. The predicted molar refractivity (Wildman–Crippen MR) is 61.0 cm³/mol. The van der Waals surface area contributed by atoms with E-state index in [9.17, 15) is 9.18 Å². The van der Waals surface area contributed by atoms with Gasteiger partial charge in [-0.15, -0.1) is 0 Å². The second-order valence-corrected chi connectivity index (χ2v) is 4.30. The number of carbonyl (C=O) groups excluding carboxylic acids is 1. The van der Waals surface area contributed by atoms with Gasteiger partial charge in [-0.1, -0.05) is 30.3 Å². The van der Waals surface area contributed by atoms with Crippen molar-refractivity contribution in [2.24, 2.45) is 0 Å². The molecule has 1 aromatic carbocycles. The molecule has 1 fully saturated rings. The predicted octanol–water partition coefficient (Wildman–Crippen LogP) is 2.36. The molecule has 0 N–H and O–H groups in total. The van der Waals surface area contributed by atoms with E-state index in [1.807, 2.05) is 35.2 Å². The standard InChI is InChI=1S/C13H16FNO/c1-10(16)13(11-5-3-2-4-6-11)15-8-7-12(14)9-15/h2-6,12-13H,7-9H2,1H3/t12-,13+/m0/s1. The average molecular weight is 221 g/mol. The minimum Gasteiger partial charge on any atom is -0.298 e. The minimum atomic E-state index is -0.787. The SMILES string of the molecule is CC(=O)[C@H](c1ccccc1)N1CC[C@H](F)C1. The first-order valence-electron chi connectivity index (χ1n) is 5.62. The largest absolute Gasteiger partial charge is 0.298 e. The van der Waals surface area contributed by atoms with E-state index in [4.69, 9.17) is 0 Å². The van der Waals surface area contributed by atoms with E-state index >= 15 is 0 Å². The number of nitrogens with zero attached hydrogens (tertiary/aromatic N) is 1. The highest BCUT2D eigenvalue weighted by atomic mass is 19.1. The van der Waals surface area contributed by atoms with E-state index < -0.39 is 6.17 Å². The van der Waals surface area contributed by atoms with Gasteiger partial charge < -0.3 is 0 Å². The van der Waals surface area contributed by atoms with Crippen LogP contribution in [0.3, 0.4) is 0 Å². The lowest BCUT2D eigenvalue weighted by molar-refractivity contribution is -0.122. The minimum absolute atomic E-state index is 0.0836. The lowest BCUT2D eigenvalue weighted by Crippen LogP contribution is -2.31. The highest BCUT2D eigenvalue weighted by Crippen LogP contribution is 2.26. The normalized spacial score (nSPS) is 23.2. The molecule has 2 nitrogen and oxygen atoms in total. The molecule has 1 aliphatic heterocycles. The van der Waals surface area contributed by atoms with Crippen LogP contribution in [-0.2, 0) is 4.79 Å². The van der Waals surface area contributed by atoms with E-state index in [0.29, 0.717) is 19.5 Å². The molecule has 16 heavy (non-hydrogen) atoms. The Morgan fingerprint density at radius 2 is 2.12 bits per heavy atom. The first-order chi connectivity index (χ1) is 7.68. The molecule has 0 aromatic heterocycles. The van der Waals surface area contributed by atoms with E-state index in [0.717, 1.165) is 5.56 Å². The number of rotatable bonds is 3. The third-order valence-electron chi connectivity index (χ3n) is 3.03. The van der Waals surface area contributed by atoms with Crippen LogP contribution < -0.4 is 0 Å². The maximum atomic E-state index is 13.2. The zero-order valence-electron chi connectivity index (χ0n) is 9.40. The van der Waals surface area contributed by atoms with Gasteiger partial charge in [0.25, 0.3) is 0 Å². The number of alkyl halides is 1. The summed E-state index contributed by atoms with van der Waals surface area (Å²) in [5, 5.41) is 0. The van der Waals surface area contributed by atoms with Crippen molar-refractivity contribution in [3.8, 4) is 0 Å². The Bertz CT molecular complexity index is 365. The van der Waals surface area contributed by atoms with Crippen molar-refractivity contribution in [2.45, 2.75) is 25.6 Å². The Labute approximate surface area is 95.1 Å². The molecule has 0 aliphatic carbocycles. The summed E-state index contributed by atoms with van der Waals surface area (Å²) in [6, 6.07) is 9.32. The summed E-state index contributed by atoms with van der Waals surface area (Å²) in [7, 11) is 0. The summed E-state index contributed by atoms with van der Waals surface area (Å²) < 4.78 is 13.2. The Kier molecular flexibility index (Phi) is 3.34. The van der Waals surface area contributed by atoms with Crippen LogP contribution in [0, 0.1) is 0 Å². The van der Waals surface area contributed by atoms with Gasteiger partial charge in [0.2, 0.25) is 0 Å². The van der Waals surface area contributed by atoms with E-state index in [-0.39, 0.29) is 11.8 Å². The summed E-state index contributed by atoms with van der Waals surface area (Å²) in [6.07, 6.45) is -0.248. The van der Waals surface area contributed by atoms with Gasteiger partial charge >= 0.3 is 0 Å². The van der Waals surface area contributed by atoms with Gasteiger partial charge in [0.15, 0.2) is 5.78 Å². The summed E-state index contributed by atoms with van der Waals surface area (Å²) in [6.45, 7) is 2.61. The van der Waals surface area contributed by atoms with E-state index in [1.165, 1.54) is 0 Å². The Morgan fingerprint density at radius 3 is 2.62 bits per heavy atom. The van der Waals surface area contributed by atoms with Gasteiger partial charge in [-0.2, -0.15) is 0 Å². The van der Waals surface area contributed by atoms with Gasteiger partial charge in [0.05, 0.1) is 6.04 Å². The molecule has 86 valence electrons. The second kappa shape index (κ2) is 4.74. The van der Waals surface area contributed by atoms with Crippen LogP contribution in [-0.4, -0.2) is 29.9 Å². The van der Waals surface area contributed by atoms with Gasteiger partial charge in [0.1, 0.15) is 6.17 Å². The zero-order chi connectivity index (χ0) is 11.5. The fraction of sp³-hybridized carbons (Fsp3) is 0.462. The van der Waals surface area contributed by atoms with Crippen molar-refractivity contribution < 1.29 is 9.18 Å². The second-order valence-electron chi connectivity index (χ2n) is 4.30. The van der Waals surface area contributed by atoms with Crippen molar-refractivity contribution in [3.05, 3.63) is 35.9 Å². The molecule has 3 heteroatoms. The quantitative estimate of drug-likeness (QED) is 0.781. The highest BCUT2D eigenvalue weighted by molar-refractivity contribution is 5.82. The van der Waals surface area contributed by atoms with E-state index in [2.05, 4.69) is 0 Å². The molecule has 1 aliphatic rings. The average Bonchev–Trinajstić information content (AvgIpc) is 2.66. The Morgan fingerprint density at radius 1 is 1.44 bits per heavy atom. The third kappa shape index (κ3) is 2.30. The number of carbonyl (C=O) groups is 1. The first kappa shape index (κ1) is 11.3. The lowest BCUT2D eigenvalue weighted by Gasteiger charge is -2.25. The summed E-state index contributed by atoms with van der Waals surface area (Å²) in [4.78, 5) is 13.6. The molecular formula is C13H16FNO. The summed E-state index contributed by atoms with van der Waals surface area (Å²) in [5.74, 6) is 0.0836. The van der Waals surface area contributed by atoms with Gasteiger partial charge in [-0.25, -0.2) is 4.39 Å². The molecule has 0 spiro atoms. The van der Waals surface area contributed by atoms with Gasteiger partial charge in [-0.05, 0) is 18.9 Å². The Balaban J connectivity index is 2.21. The molecule has 0 radical (unpaired) electrons. The molecule has 2 rings (SSSR count). The van der Waals surface area contributed by atoms with Crippen molar-refractivity contribution in [1.29, 1.82) is 0 Å². The third-order valence-corrected chi connectivity index (χ3v) is 3.03. The van der Waals surface area contributed by atoms with Gasteiger partial charge in [-0.3, -0.25) is 9.69 Å². The molecule has 0 amide bonds. The molecule has 1 heterocycles. The van der Waals surface area contributed by atoms with Crippen LogP contribution in [0.1, 0.15) is 24.9 Å². The molecule has 1 saturated heterocycles. The lowest BCUT2D eigenvalue weighted by atomic mass is 10.0. The molecule has 1 aromatic rings. The molecule has 0 unspecified atom stereocenters. The monoisotopic (exact) mass is 221 g/mol. The number of hydrogen-bond donors (Lipinski definition) is 0. The Hall–Kier alpha value is -1.22. The topological polar surface area (TPSA) is 20.3 Å². The number of benzene rings is 1. The van der Waals surface area contributed by atoms with Crippen LogP contribution >= 0.6 is 0 Å². The number of ketones is 1. The number of likely N-dealkylation sites (tertiary alicyclic amines) is 1. The van der Waals surface area contributed by atoms with Gasteiger partial charge in [0, 0.05) is 13.1 Å². The number of halogens is 1. The van der Waals surface area contributed by atoms with Crippen molar-refractivity contribution in [1.82, 2.24) is 4.90 Å². The van der Waals surface area contributed by atoms with Crippen molar-refractivity contribution in [3.63, 3.8) is 0 Å². The molecular weight excluding hydrogens is 205 g/mol. The van der Waals surface area contributed by atoms with E-state index in [1.54, 1.807) is 6.92 Å². The molecule has 0 bridgehead atoms. The van der Waals surface area contributed by atoms with Crippen LogP contribution in [0.5, 0.6) is 0 Å². The first-order valence-corrected chi connectivity index (χ1v) is 5.62. The zero-order valence-corrected chi connectivity index (χ0v) is 9.40. The van der Waals surface area contributed by atoms with Crippen molar-refractivity contribution in [2.75, 3.05) is 13.1 Å². The highest BCUT2D eigenvalue weighted by Gasteiger charge is 2.31. The van der Waals surface area contributed by atoms with Crippen LogP contribution in [0.25, 0.3) is 0 Å². The summed E-state index contributed by atoms with van der Waals surface area (Å²) in [5.41, 5.74) is 0.962. The maximum absolute atomic E-state index is 13.2. The van der Waals surface area contributed by atoms with Crippen LogP contribution in [0.15, 0.2) is 30.3 Å². The number of hydrogen-bond acceptors (Lipinski definition) is 2. The van der Waals surface area contributed by atoms with Crippen LogP contribution in [0.2, 0.25) is 0 Å². The molecule has 2 atom stereocenters. The fourth-order valence-electron chi connectivity index (χ4n) is 2.32. The smallest absolute Gasteiger partial charge is 0.151 e. The molecule has 0 saturated carbocycles. The maximum Gasteiger partial charge on any atom is 0.151 e. The van der Waals surface area contributed by atoms with Crippen LogP contribution in [0.4, 0.5) is 4.39 Å². The van der Waals surface area contributed by atoms with Crippen molar-refractivity contribution >= 4 is 5.78 Å². The number of Topliss-reactive ketones (excluding diaryl/α,β-unsaturated/α-hetero) is 1. The fourth-order valence-corrected chi connectivity index (χ4v) is 2.32.